The maximum atomic E-state index is 13.0. The van der Waals surface area contributed by atoms with Gasteiger partial charge in [0.1, 0.15) is 5.78 Å². The van der Waals surface area contributed by atoms with Crippen molar-refractivity contribution in [2.75, 3.05) is 33.0 Å². The van der Waals surface area contributed by atoms with Crippen LogP contribution in [-0.4, -0.2) is 67.5 Å². The highest BCUT2D eigenvalue weighted by Gasteiger charge is 2.34. The molecule has 1 aliphatic heterocycles. The lowest BCUT2D eigenvalue weighted by Crippen LogP contribution is -2.37. The molecule has 0 bridgehead atoms. The van der Waals surface area contributed by atoms with E-state index in [1.165, 1.54) is 32.1 Å². The molecule has 2 aliphatic carbocycles. The Kier molecular flexibility index (Phi) is 12.5. The molecule has 3 amide bonds. The van der Waals surface area contributed by atoms with Gasteiger partial charge in [0.15, 0.2) is 0 Å². The number of hydroxylamine groups is 2. The lowest BCUT2D eigenvalue weighted by molar-refractivity contribution is -0.198. The molecule has 0 atom stereocenters. The van der Waals surface area contributed by atoms with Crippen LogP contribution in [0.1, 0.15) is 89.9 Å². The van der Waals surface area contributed by atoms with Crippen LogP contribution >= 0.6 is 0 Å². The number of nitrogens with zero attached hydrogens (tertiary/aromatic N) is 1. The zero-order valence-corrected chi connectivity index (χ0v) is 21.9. The zero-order valence-electron chi connectivity index (χ0n) is 21.9. The number of rotatable bonds is 13. The maximum absolute atomic E-state index is 13.0. The number of carbonyl (C=O) groups excluding carboxylic acids is 5. The summed E-state index contributed by atoms with van der Waals surface area (Å²) in [5.41, 5.74) is 0. The second kappa shape index (κ2) is 15.8. The third-order valence-corrected chi connectivity index (χ3v) is 7.57. The number of hydrogen-bond acceptors (Lipinski definition) is 8. The Morgan fingerprint density at radius 3 is 1.89 bits per heavy atom. The van der Waals surface area contributed by atoms with Crippen LogP contribution in [0.2, 0.25) is 0 Å². The molecule has 1 N–H and O–H groups in total. The predicted octanol–water partition coefficient (Wildman–Crippen LogP) is 2.87. The van der Waals surface area contributed by atoms with E-state index >= 15 is 0 Å². The van der Waals surface area contributed by atoms with Gasteiger partial charge in [0.25, 0.3) is 11.8 Å². The molecule has 208 valence electrons. The minimum absolute atomic E-state index is 0.0318. The number of ether oxygens (including phenoxy) is 2. The van der Waals surface area contributed by atoms with E-state index in [1.807, 2.05) is 0 Å². The molecule has 0 aromatic rings. The number of amides is 3. The fourth-order valence-electron chi connectivity index (χ4n) is 5.39. The third kappa shape index (κ3) is 9.81. The summed E-state index contributed by atoms with van der Waals surface area (Å²) in [6.45, 7) is 1.42. The van der Waals surface area contributed by atoms with Crippen molar-refractivity contribution in [2.45, 2.75) is 89.9 Å². The van der Waals surface area contributed by atoms with E-state index in [-0.39, 0.29) is 56.1 Å². The van der Waals surface area contributed by atoms with Crippen molar-refractivity contribution in [2.24, 2.45) is 17.8 Å². The molecular formula is C27H42N2O8. The average Bonchev–Trinajstić information content (AvgIpc) is 3.19. The Hall–Kier alpha value is -2.33. The van der Waals surface area contributed by atoms with Crippen LogP contribution in [0.15, 0.2) is 0 Å². The molecule has 10 heteroatoms. The quantitative estimate of drug-likeness (QED) is 0.289. The summed E-state index contributed by atoms with van der Waals surface area (Å²) < 4.78 is 10.8. The van der Waals surface area contributed by atoms with E-state index in [0.29, 0.717) is 30.6 Å². The van der Waals surface area contributed by atoms with Crippen molar-refractivity contribution in [3.63, 3.8) is 0 Å². The SMILES string of the molecule is O=C(CCOCCOCCNC(=O)C1CCC(C(=O)C2CCCCCCC2)CC1)ON1C(=O)CCC1=O. The summed E-state index contributed by atoms with van der Waals surface area (Å²) in [6.07, 6.45) is 11.4. The van der Waals surface area contributed by atoms with Crippen LogP contribution in [0, 0.1) is 17.8 Å². The minimum atomic E-state index is -0.703. The molecule has 0 spiro atoms. The fraction of sp³-hybridized carbons (Fsp3) is 0.815. The van der Waals surface area contributed by atoms with Gasteiger partial charge in [-0.15, -0.1) is 5.06 Å². The van der Waals surface area contributed by atoms with Crippen LogP contribution in [0.3, 0.4) is 0 Å². The Balaban J connectivity index is 1.17. The highest BCUT2D eigenvalue weighted by atomic mass is 16.7. The van der Waals surface area contributed by atoms with Crippen LogP contribution in [0.25, 0.3) is 0 Å². The minimum Gasteiger partial charge on any atom is -0.378 e. The van der Waals surface area contributed by atoms with Gasteiger partial charge in [0.05, 0.1) is 32.8 Å². The molecule has 1 heterocycles. The summed E-state index contributed by atoms with van der Waals surface area (Å²) >= 11 is 0. The van der Waals surface area contributed by atoms with Gasteiger partial charge in [0.2, 0.25) is 5.91 Å². The summed E-state index contributed by atoms with van der Waals surface area (Å²) in [5.74, 6) is -0.914. The first kappa shape index (κ1) is 29.2. The van der Waals surface area contributed by atoms with E-state index in [4.69, 9.17) is 14.3 Å². The van der Waals surface area contributed by atoms with E-state index < -0.39 is 17.8 Å². The molecule has 10 nitrogen and oxygen atoms in total. The number of Topliss-reactive ketones (excluding diaryl/α,β-unsaturated/α-hetero) is 1. The lowest BCUT2D eigenvalue weighted by atomic mass is 9.74. The van der Waals surface area contributed by atoms with Gasteiger partial charge in [-0.2, -0.15) is 0 Å². The van der Waals surface area contributed by atoms with Crippen LogP contribution in [0.4, 0.5) is 0 Å². The zero-order chi connectivity index (χ0) is 26.5. The second-order valence-corrected chi connectivity index (χ2v) is 10.3. The van der Waals surface area contributed by atoms with Gasteiger partial charge in [-0.05, 0) is 38.5 Å². The monoisotopic (exact) mass is 522 g/mol. The van der Waals surface area contributed by atoms with E-state index in [9.17, 15) is 24.0 Å². The van der Waals surface area contributed by atoms with Gasteiger partial charge in [-0.3, -0.25) is 19.2 Å². The molecule has 3 aliphatic rings. The number of hydrogen-bond donors (Lipinski definition) is 1. The van der Waals surface area contributed by atoms with Gasteiger partial charge >= 0.3 is 5.97 Å². The summed E-state index contributed by atoms with van der Waals surface area (Å²) in [6, 6.07) is 0. The first-order valence-electron chi connectivity index (χ1n) is 14.0. The van der Waals surface area contributed by atoms with E-state index in [1.54, 1.807) is 0 Å². The number of nitrogens with one attached hydrogen (secondary N) is 1. The van der Waals surface area contributed by atoms with Crippen LogP contribution < -0.4 is 5.32 Å². The molecule has 0 unspecified atom stereocenters. The molecule has 3 rings (SSSR count). The predicted molar refractivity (Wildman–Crippen MR) is 133 cm³/mol. The number of carbonyl (C=O) groups is 5. The molecule has 2 saturated carbocycles. The first-order valence-corrected chi connectivity index (χ1v) is 14.0. The van der Waals surface area contributed by atoms with Crippen molar-refractivity contribution in [3.8, 4) is 0 Å². The Morgan fingerprint density at radius 2 is 1.24 bits per heavy atom. The van der Waals surface area contributed by atoms with E-state index in [2.05, 4.69) is 5.32 Å². The standard InChI is InChI=1S/C27H42N2O8/c30-23-12-13-24(31)29(23)37-25(32)14-16-35-18-19-36-17-15-28-27(34)22-10-8-21(9-11-22)26(33)20-6-4-2-1-3-5-7-20/h20-22H,1-19H2,(H,28,34). The molecule has 0 aromatic carbocycles. The van der Waals surface area contributed by atoms with Crippen molar-refractivity contribution >= 4 is 29.5 Å². The topological polar surface area (TPSA) is 128 Å². The summed E-state index contributed by atoms with van der Waals surface area (Å²) in [7, 11) is 0. The van der Waals surface area contributed by atoms with Crippen molar-refractivity contribution in [1.82, 2.24) is 10.4 Å². The van der Waals surface area contributed by atoms with Gasteiger partial charge in [-0.25, -0.2) is 4.79 Å². The lowest BCUT2D eigenvalue weighted by Gasteiger charge is -2.30. The van der Waals surface area contributed by atoms with Crippen molar-refractivity contribution in [1.29, 1.82) is 0 Å². The Bertz CT molecular complexity index is 769. The Labute approximate surface area is 219 Å². The molecule has 0 aromatic heterocycles. The molecule has 0 radical (unpaired) electrons. The van der Waals surface area contributed by atoms with Crippen molar-refractivity contribution < 1.29 is 38.3 Å². The highest BCUT2D eigenvalue weighted by molar-refractivity contribution is 6.01. The maximum Gasteiger partial charge on any atom is 0.335 e. The third-order valence-electron chi connectivity index (χ3n) is 7.57. The van der Waals surface area contributed by atoms with Crippen LogP contribution in [-0.2, 0) is 38.3 Å². The molecular weight excluding hydrogens is 480 g/mol. The average molecular weight is 523 g/mol. The normalized spacial score (nSPS) is 23.4. The second-order valence-electron chi connectivity index (χ2n) is 10.3. The molecule has 3 fully saturated rings. The summed E-state index contributed by atoms with van der Waals surface area (Å²) in [4.78, 5) is 64.7. The number of ketones is 1. The largest absolute Gasteiger partial charge is 0.378 e. The molecule has 37 heavy (non-hydrogen) atoms. The van der Waals surface area contributed by atoms with Crippen molar-refractivity contribution in [3.05, 3.63) is 0 Å². The Morgan fingerprint density at radius 1 is 0.703 bits per heavy atom. The van der Waals surface area contributed by atoms with Gasteiger partial charge in [-0.1, -0.05) is 32.1 Å². The van der Waals surface area contributed by atoms with Gasteiger partial charge in [0, 0.05) is 37.1 Å². The smallest absolute Gasteiger partial charge is 0.335 e. The van der Waals surface area contributed by atoms with E-state index in [0.717, 1.165) is 38.5 Å². The van der Waals surface area contributed by atoms with Crippen LogP contribution in [0.5, 0.6) is 0 Å². The molecule has 1 saturated heterocycles. The fourth-order valence-corrected chi connectivity index (χ4v) is 5.39. The van der Waals surface area contributed by atoms with Gasteiger partial charge < -0.3 is 19.6 Å². The number of imide groups is 1. The summed E-state index contributed by atoms with van der Waals surface area (Å²) in [5, 5.41) is 3.44. The first-order chi connectivity index (χ1) is 18.0. The highest BCUT2D eigenvalue weighted by Crippen LogP contribution is 2.34.